The highest BCUT2D eigenvalue weighted by molar-refractivity contribution is 7.09. The van der Waals surface area contributed by atoms with Gasteiger partial charge in [0, 0.05) is 0 Å². The molecule has 0 aliphatic heterocycles. The van der Waals surface area contributed by atoms with Crippen molar-refractivity contribution < 1.29 is 0 Å². The maximum atomic E-state index is 2.68. The minimum absolute atomic E-state index is 1.10. The van der Waals surface area contributed by atoms with Gasteiger partial charge in [0.05, 0.1) is 0 Å². The summed E-state index contributed by atoms with van der Waals surface area (Å²) in [7, 11) is -2.15. The van der Waals surface area contributed by atoms with E-state index < -0.39 is 8.07 Å². The second-order valence-corrected chi connectivity index (χ2v) is 19.6. The third kappa shape index (κ3) is 7.39. The summed E-state index contributed by atoms with van der Waals surface area (Å²) in [5, 5.41) is 3.44. The molecule has 0 nitrogen and oxygen atoms in total. The molecule has 49 heavy (non-hydrogen) atoms. The molecule has 0 atom stereocenters. The molecule has 4 aromatic rings. The monoisotopic (exact) mass is 664 g/mol. The van der Waals surface area contributed by atoms with Gasteiger partial charge < -0.3 is 0 Å². The van der Waals surface area contributed by atoms with Gasteiger partial charge in [-0.05, 0) is 117 Å². The number of aryl methyl sites for hydroxylation is 2. The molecule has 4 aromatic carbocycles. The van der Waals surface area contributed by atoms with Gasteiger partial charge in [-0.3, -0.25) is 0 Å². The summed E-state index contributed by atoms with van der Waals surface area (Å²) in [4.78, 5) is 0. The number of allylic oxidation sites excluding steroid dienone is 2. The van der Waals surface area contributed by atoms with Crippen LogP contribution < -0.4 is 0 Å². The van der Waals surface area contributed by atoms with Crippen LogP contribution in [0.2, 0.25) is 13.1 Å². The van der Waals surface area contributed by atoms with E-state index >= 15 is 0 Å². The van der Waals surface area contributed by atoms with Crippen molar-refractivity contribution in [1.82, 2.24) is 0 Å². The maximum Gasteiger partial charge on any atom is 0.113 e. The van der Waals surface area contributed by atoms with Crippen molar-refractivity contribution in [2.45, 2.75) is 131 Å². The van der Waals surface area contributed by atoms with Crippen LogP contribution in [-0.4, -0.2) is 8.07 Å². The summed E-state index contributed by atoms with van der Waals surface area (Å²) in [6, 6.07) is 33.5. The summed E-state index contributed by atoms with van der Waals surface area (Å²) in [6.45, 7) is 14.7. The molecule has 0 heterocycles. The summed E-state index contributed by atoms with van der Waals surface area (Å²) in [5.74, 6) is 0. The van der Waals surface area contributed by atoms with E-state index in [1.165, 1.54) is 109 Å². The second-order valence-electron chi connectivity index (χ2n) is 15.3. The summed E-state index contributed by atoms with van der Waals surface area (Å²) in [6.07, 6.45) is 17.4. The first-order chi connectivity index (χ1) is 23.9. The lowest BCUT2D eigenvalue weighted by Crippen LogP contribution is -2.32. The van der Waals surface area contributed by atoms with Crippen LogP contribution in [0.15, 0.2) is 96.1 Å². The average Bonchev–Trinajstić information content (AvgIpc) is 3.72. The molecule has 0 unspecified atom stereocenters. The topological polar surface area (TPSA) is 0 Å². The number of unbranched alkanes of at least 4 members (excludes halogenated alkanes) is 6. The lowest BCUT2D eigenvalue weighted by atomic mass is 9.95. The van der Waals surface area contributed by atoms with E-state index in [1.54, 1.807) is 32.7 Å². The fraction of sp³-hybridized carbons (Fsp3) is 0.417. The van der Waals surface area contributed by atoms with E-state index in [1.807, 2.05) is 0 Å². The Kier molecular flexibility index (Phi) is 11.6. The third-order valence-corrected chi connectivity index (χ3v) is 15.3. The molecule has 0 fully saturated rings. The van der Waals surface area contributed by atoms with E-state index in [-0.39, 0.29) is 0 Å². The van der Waals surface area contributed by atoms with Crippen molar-refractivity contribution >= 4 is 18.5 Å². The Morgan fingerprint density at radius 2 is 0.878 bits per heavy atom. The number of rotatable bonds is 16. The lowest BCUT2D eigenvalue weighted by molar-refractivity contribution is 0.667. The molecule has 2 aliphatic carbocycles. The molecule has 2 aliphatic rings. The highest BCUT2D eigenvalue weighted by Gasteiger charge is 2.43. The SMILES string of the molecule is CCCCCCc1ccc(-c2cccc3c2C([Si](C)(C)C2=C(CC)Cc4cccc(-c5ccc(CCCCCC)cc5)c42)=C(CC)C3)cc1. The van der Waals surface area contributed by atoms with E-state index in [2.05, 4.69) is 126 Å². The van der Waals surface area contributed by atoms with E-state index in [0.717, 1.165) is 25.7 Å². The van der Waals surface area contributed by atoms with Gasteiger partial charge in [0.15, 0.2) is 0 Å². The Morgan fingerprint density at radius 3 is 1.24 bits per heavy atom. The number of hydrogen-bond acceptors (Lipinski definition) is 0. The molecular formula is C48H60Si. The van der Waals surface area contributed by atoms with Gasteiger partial charge in [-0.2, -0.15) is 0 Å². The molecule has 0 bridgehead atoms. The first kappa shape index (κ1) is 35.4. The molecule has 0 amide bonds. The van der Waals surface area contributed by atoms with Crippen molar-refractivity contribution in [1.29, 1.82) is 0 Å². The standard InChI is InChI=1S/C48H60Si/c1-7-11-13-15-19-35-25-29-39(30-26-35)43-23-17-21-41-33-37(9-3)47(45(41)43)49(5,6)48-38(10-4)34-42-22-18-24-44(46(42)48)40-31-27-36(28-32-40)20-16-14-12-8-2/h17-18,21-32H,7-16,19-20,33-34H2,1-6H3. The van der Waals surface area contributed by atoms with Crippen LogP contribution in [-0.2, 0) is 25.7 Å². The zero-order valence-electron chi connectivity index (χ0n) is 31.5. The summed E-state index contributed by atoms with van der Waals surface area (Å²) < 4.78 is 0. The van der Waals surface area contributed by atoms with Crippen LogP contribution in [0.3, 0.4) is 0 Å². The molecule has 0 saturated carbocycles. The highest BCUT2D eigenvalue weighted by atomic mass is 28.3. The third-order valence-electron chi connectivity index (χ3n) is 11.6. The van der Waals surface area contributed by atoms with Gasteiger partial charge in [0.2, 0.25) is 0 Å². The Balaban J connectivity index is 1.38. The minimum Gasteiger partial charge on any atom is -0.0658 e. The van der Waals surface area contributed by atoms with Crippen LogP contribution in [0.5, 0.6) is 0 Å². The van der Waals surface area contributed by atoms with Crippen LogP contribution in [0.1, 0.15) is 125 Å². The molecule has 1 heteroatoms. The van der Waals surface area contributed by atoms with Gasteiger partial charge in [0.1, 0.15) is 8.07 Å². The second kappa shape index (κ2) is 16.1. The Labute approximate surface area is 299 Å². The van der Waals surface area contributed by atoms with Gasteiger partial charge in [-0.15, -0.1) is 0 Å². The molecular weight excluding hydrogens is 605 g/mol. The lowest BCUT2D eigenvalue weighted by Gasteiger charge is -2.32. The zero-order valence-corrected chi connectivity index (χ0v) is 32.5. The van der Waals surface area contributed by atoms with Crippen molar-refractivity contribution in [2.24, 2.45) is 0 Å². The van der Waals surface area contributed by atoms with Gasteiger partial charge in [-0.25, -0.2) is 0 Å². The average molecular weight is 665 g/mol. The smallest absolute Gasteiger partial charge is 0.0658 e. The van der Waals surface area contributed by atoms with Crippen molar-refractivity contribution in [3.8, 4) is 22.3 Å². The Hall–Kier alpha value is -3.42. The van der Waals surface area contributed by atoms with Crippen LogP contribution in [0.25, 0.3) is 32.6 Å². The van der Waals surface area contributed by atoms with E-state index in [0.29, 0.717) is 0 Å². The fourth-order valence-electron chi connectivity index (χ4n) is 9.01. The normalized spacial score (nSPS) is 14.2. The summed E-state index contributed by atoms with van der Waals surface area (Å²) in [5.41, 5.74) is 18.1. The predicted molar refractivity (Wildman–Crippen MR) is 219 cm³/mol. The van der Waals surface area contributed by atoms with Crippen molar-refractivity contribution in [2.75, 3.05) is 0 Å². The fourth-order valence-corrected chi connectivity index (χ4v) is 13.4. The number of hydrogen-bond donors (Lipinski definition) is 0. The molecule has 6 rings (SSSR count). The molecule has 0 saturated heterocycles. The molecule has 0 aromatic heterocycles. The zero-order chi connectivity index (χ0) is 34.4. The maximum absolute atomic E-state index is 2.68. The molecule has 0 radical (unpaired) electrons. The van der Waals surface area contributed by atoms with E-state index in [9.17, 15) is 0 Å². The first-order valence-corrected chi connectivity index (χ1v) is 22.8. The number of fused-ring (bicyclic) bond motifs is 2. The minimum atomic E-state index is -2.15. The van der Waals surface area contributed by atoms with Gasteiger partial charge in [0.25, 0.3) is 0 Å². The van der Waals surface area contributed by atoms with Crippen LogP contribution in [0, 0.1) is 0 Å². The highest BCUT2D eigenvalue weighted by Crippen LogP contribution is 2.53. The molecule has 0 spiro atoms. The predicted octanol–water partition coefficient (Wildman–Crippen LogP) is 14.2. The van der Waals surface area contributed by atoms with Crippen LogP contribution >= 0.6 is 0 Å². The first-order valence-electron chi connectivity index (χ1n) is 19.8. The molecule has 0 N–H and O–H groups in total. The van der Waals surface area contributed by atoms with Crippen molar-refractivity contribution in [3.05, 3.63) is 129 Å². The molecule has 256 valence electrons. The van der Waals surface area contributed by atoms with Crippen LogP contribution in [0.4, 0.5) is 0 Å². The van der Waals surface area contributed by atoms with Crippen molar-refractivity contribution in [3.63, 3.8) is 0 Å². The Morgan fingerprint density at radius 1 is 0.469 bits per heavy atom. The van der Waals surface area contributed by atoms with E-state index in [4.69, 9.17) is 0 Å². The summed E-state index contributed by atoms with van der Waals surface area (Å²) >= 11 is 0. The largest absolute Gasteiger partial charge is 0.113 e. The van der Waals surface area contributed by atoms with Gasteiger partial charge >= 0.3 is 0 Å². The van der Waals surface area contributed by atoms with Gasteiger partial charge in [-0.1, -0.05) is 175 Å². The quantitative estimate of drug-likeness (QED) is 0.0826. The Bertz CT molecular complexity index is 1660. The number of benzene rings is 4.